The Morgan fingerprint density at radius 2 is 2.21 bits per heavy atom. The molecule has 1 aliphatic heterocycles. The third kappa shape index (κ3) is 3.23. The van der Waals surface area contributed by atoms with Crippen LogP contribution in [0.25, 0.3) is 0 Å². The second kappa shape index (κ2) is 6.96. The van der Waals surface area contributed by atoms with E-state index in [9.17, 15) is 4.79 Å². The molecule has 1 saturated heterocycles. The Hall–Kier alpha value is -2.48. The lowest BCUT2D eigenvalue weighted by Crippen LogP contribution is -2.43. The molecule has 0 radical (unpaired) electrons. The molecule has 1 fully saturated rings. The third-order valence-electron chi connectivity index (χ3n) is 4.30. The summed E-state index contributed by atoms with van der Waals surface area (Å²) in [6.45, 7) is 5.39. The van der Waals surface area contributed by atoms with Crippen LogP contribution in [-0.2, 0) is 16.0 Å². The summed E-state index contributed by atoms with van der Waals surface area (Å²) in [5, 5.41) is 10.1. The second-order valence-corrected chi connectivity index (χ2v) is 5.83. The van der Waals surface area contributed by atoms with Crippen LogP contribution in [0.1, 0.15) is 28.7 Å². The number of anilines is 1. The third-order valence-corrected chi connectivity index (χ3v) is 4.30. The zero-order chi connectivity index (χ0) is 17.1. The van der Waals surface area contributed by atoms with E-state index in [1.165, 1.54) is 0 Å². The average Bonchev–Trinajstić information content (AvgIpc) is 2.93. The normalized spacial score (nSPS) is 17.8. The fourth-order valence-electron chi connectivity index (χ4n) is 2.92. The summed E-state index contributed by atoms with van der Waals surface area (Å²) < 4.78 is 5.81. The van der Waals surface area contributed by atoms with Crippen molar-refractivity contribution in [2.45, 2.75) is 26.4 Å². The molecular weight excluding hydrogens is 308 g/mol. The van der Waals surface area contributed by atoms with Crippen LogP contribution in [0.5, 0.6) is 0 Å². The van der Waals surface area contributed by atoms with Crippen molar-refractivity contribution in [1.82, 2.24) is 25.1 Å². The first-order valence-corrected chi connectivity index (χ1v) is 7.98. The molecule has 2 aromatic heterocycles. The molecule has 0 aromatic carbocycles. The Labute approximate surface area is 140 Å². The number of ether oxygens (including phenoxy) is 1. The molecule has 3 rings (SSSR count). The second-order valence-electron chi connectivity index (χ2n) is 5.83. The SMILES string of the molecule is CNc1nccnc1C1CN(C(=O)Cc2c(C)n[nH]c2C)CCO1. The Balaban J connectivity index is 1.72. The molecule has 0 bridgehead atoms. The van der Waals surface area contributed by atoms with E-state index >= 15 is 0 Å². The van der Waals surface area contributed by atoms with Gasteiger partial charge in [-0.15, -0.1) is 0 Å². The standard InChI is InChI=1S/C16H22N6O2/c1-10-12(11(2)21-20-10)8-14(23)22-6-7-24-13(9-22)15-16(17-3)19-5-4-18-15/h4-5,13H,6-9H2,1-3H3,(H,17,19)(H,20,21). The molecule has 0 spiro atoms. The minimum Gasteiger partial charge on any atom is -0.372 e. The lowest BCUT2D eigenvalue weighted by Gasteiger charge is -2.33. The molecule has 128 valence electrons. The Morgan fingerprint density at radius 3 is 2.92 bits per heavy atom. The van der Waals surface area contributed by atoms with E-state index in [4.69, 9.17) is 4.74 Å². The van der Waals surface area contributed by atoms with Gasteiger partial charge in [0.2, 0.25) is 5.91 Å². The number of aromatic amines is 1. The van der Waals surface area contributed by atoms with Crippen molar-refractivity contribution in [1.29, 1.82) is 0 Å². The van der Waals surface area contributed by atoms with E-state index in [1.807, 2.05) is 18.7 Å². The number of carbonyl (C=O) groups excluding carboxylic acids is 1. The minimum atomic E-state index is -0.273. The quantitative estimate of drug-likeness (QED) is 0.868. The molecule has 8 nitrogen and oxygen atoms in total. The van der Waals surface area contributed by atoms with Crippen LogP contribution in [0.2, 0.25) is 0 Å². The van der Waals surface area contributed by atoms with Crippen LogP contribution in [0.3, 0.4) is 0 Å². The predicted molar refractivity (Wildman–Crippen MR) is 88.6 cm³/mol. The molecule has 3 heterocycles. The zero-order valence-electron chi connectivity index (χ0n) is 14.2. The zero-order valence-corrected chi connectivity index (χ0v) is 14.2. The van der Waals surface area contributed by atoms with Gasteiger partial charge in [0.1, 0.15) is 17.6 Å². The highest BCUT2D eigenvalue weighted by molar-refractivity contribution is 5.79. The van der Waals surface area contributed by atoms with E-state index in [2.05, 4.69) is 25.5 Å². The summed E-state index contributed by atoms with van der Waals surface area (Å²) in [7, 11) is 1.80. The molecule has 24 heavy (non-hydrogen) atoms. The molecule has 2 aromatic rings. The Morgan fingerprint density at radius 1 is 1.42 bits per heavy atom. The lowest BCUT2D eigenvalue weighted by atomic mass is 10.1. The molecule has 1 atom stereocenters. The number of carbonyl (C=O) groups is 1. The van der Waals surface area contributed by atoms with Gasteiger partial charge in [0.25, 0.3) is 0 Å². The first kappa shape index (κ1) is 16.4. The number of nitrogens with zero attached hydrogens (tertiary/aromatic N) is 4. The fourth-order valence-corrected chi connectivity index (χ4v) is 2.92. The van der Waals surface area contributed by atoms with Crippen molar-refractivity contribution in [2.24, 2.45) is 0 Å². The molecular formula is C16H22N6O2. The van der Waals surface area contributed by atoms with Crippen molar-refractivity contribution >= 4 is 11.7 Å². The van der Waals surface area contributed by atoms with Gasteiger partial charge in [0.05, 0.1) is 25.3 Å². The fraction of sp³-hybridized carbons (Fsp3) is 0.500. The maximum atomic E-state index is 12.7. The minimum absolute atomic E-state index is 0.0748. The Bertz CT molecular complexity index is 710. The Kier molecular flexibility index (Phi) is 4.75. The van der Waals surface area contributed by atoms with Crippen molar-refractivity contribution < 1.29 is 9.53 Å². The molecule has 1 aliphatic rings. The number of H-pyrrole nitrogens is 1. The van der Waals surface area contributed by atoms with Crippen LogP contribution in [-0.4, -0.2) is 57.7 Å². The predicted octanol–water partition coefficient (Wildman–Crippen LogP) is 1.00. The van der Waals surface area contributed by atoms with E-state index < -0.39 is 0 Å². The van der Waals surface area contributed by atoms with Crippen LogP contribution in [0, 0.1) is 13.8 Å². The van der Waals surface area contributed by atoms with Crippen molar-refractivity contribution in [3.05, 3.63) is 35.0 Å². The van der Waals surface area contributed by atoms with Gasteiger partial charge in [-0.2, -0.15) is 5.10 Å². The van der Waals surface area contributed by atoms with Gasteiger partial charge in [-0.05, 0) is 13.8 Å². The highest BCUT2D eigenvalue weighted by Gasteiger charge is 2.28. The number of hydrogen-bond acceptors (Lipinski definition) is 6. The van der Waals surface area contributed by atoms with E-state index in [1.54, 1.807) is 19.4 Å². The highest BCUT2D eigenvalue weighted by Crippen LogP contribution is 2.25. The summed E-state index contributed by atoms with van der Waals surface area (Å²) in [6, 6.07) is 0. The summed E-state index contributed by atoms with van der Waals surface area (Å²) in [6.07, 6.45) is 3.34. The van der Waals surface area contributed by atoms with Crippen molar-refractivity contribution in [3.63, 3.8) is 0 Å². The number of morpholine rings is 1. The molecule has 2 N–H and O–H groups in total. The number of aryl methyl sites for hydroxylation is 2. The summed E-state index contributed by atoms with van der Waals surface area (Å²) in [4.78, 5) is 23.1. The highest BCUT2D eigenvalue weighted by atomic mass is 16.5. The van der Waals surface area contributed by atoms with Gasteiger partial charge < -0.3 is 15.0 Å². The van der Waals surface area contributed by atoms with Gasteiger partial charge in [-0.25, -0.2) is 4.98 Å². The van der Waals surface area contributed by atoms with Crippen LogP contribution >= 0.6 is 0 Å². The summed E-state index contributed by atoms with van der Waals surface area (Å²) in [5.41, 5.74) is 3.51. The number of rotatable bonds is 4. The smallest absolute Gasteiger partial charge is 0.227 e. The lowest BCUT2D eigenvalue weighted by molar-refractivity contribution is -0.138. The monoisotopic (exact) mass is 330 g/mol. The number of aromatic nitrogens is 4. The van der Waals surface area contributed by atoms with E-state index in [0.717, 1.165) is 22.6 Å². The number of amides is 1. The molecule has 0 saturated carbocycles. The summed E-state index contributed by atoms with van der Waals surface area (Å²) in [5.74, 6) is 0.754. The van der Waals surface area contributed by atoms with Gasteiger partial charge >= 0.3 is 0 Å². The van der Waals surface area contributed by atoms with E-state index in [0.29, 0.717) is 31.9 Å². The molecule has 1 unspecified atom stereocenters. The number of nitrogens with one attached hydrogen (secondary N) is 2. The molecule has 0 aliphatic carbocycles. The van der Waals surface area contributed by atoms with Crippen LogP contribution in [0.4, 0.5) is 5.82 Å². The first-order chi connectivity index (χ1) is 11.6. The summed E-state index contributed by atoms with van der Waals surface area (Å²) >= 11 is 0. The van der Waals surface area contributed by atoms with E-state index in [-0.39, 0.29) is 12.0 Å². The number of hydrogen-bond donors (Lipinski definition) is 2. The first-order valence-electron chi connectivity index (χ1n) is 7.98. The maximum Gasteiger partial charge on any atom is 0.227 e. The van der Waals surface area contributed by atoms with Gasteiger partial charge in [0.15, 0.2) is 0 Å². The van der Waals surface area contributed by atoms with Gasteiger partial charge in [-0.3, -0.25) is 14.9 Å². The van der Waals surface area contributed by atoms with Crippen LogP contribution in [0.15, 0.2) is 12.4 Å². The maximum absolute atomic E-state index is 12.7. The van der Waals surface area contributed by atoms with Gasteiger partial charge in [0, 0.05) is 37.2 Å². The topological polar surface area (TPSA) is 96.0 Å². The van der Waals surface area contributed by atoms with Crippen molar-refractivity contribution in [2.75, 3.05) is 32.1 Å². The molecule has 8 heteroatoms. The van der Waals surface area contributed by atoms with Gasteiger partial charge in [-0.1, -0.05) is 0 Å². The largest absolute Gasteiger partial charge is 0.372 e. The van der Waals surface area contributed by atoms with Crippen molar-refractivity contribution in [3.8, 4) is 0 Å². The van der Waals surface area contributed by atoms with Crippen LogP contribution < -0.4 is 5.32 Å². The average molecular weight is 330 g/mol. The molecule has 1 amide bonds.